The van der Waals surface area contributed by atoms with Gasteiger partial charge >= 0.3 is 5.97 Å². The van der Waals surface area contributed by atoms with Crippen LogP contribution in [0.15, 0.2) is 88.6 Å². The zero-order valence-corrected chi connectivity index (χ0v) is 20.4. The first-order valence-electron chi connectivity index (χ1n) is 11.6. The highest BCUT2D eigenvalue weighted by atomic mass is 16.7. The van der Waals surface area contributed by atoms with E-state index < -0.39 is 22.7 Å². The van der Waals surface area contributed by atoms with E-state index in [-0.39, 0.29) is 40.7 Å². The molecule has 1 aromatic heterocycles. The Balaban J connectivity index is 1.26. The molecule has 4 aromatic rings. The number of nitro groups is 1. The highest BCUT2D eigenvalue weighted by Crippen LogP contribution is 2.33. The minimum atomic E-state index is -0.745. The van der Waals surface area contributed by atoms with Gasteiger partial charge < -0.3 is 23.9 Å². The van der Waals surface area contributed by atoms with Crippen LogP contribution >= 0.6 is 0 Å². The third-order valence-electron chi connectivity index (χ3n) is 5.53. The van der Waals surface area contributed by atoms with Gasteiger partial charge in [0.2, 0.25) is 6.79 Å². The van der Waals surface area contributed by atoms with E-state index in [0.717, 1.165) is 12.3 Å². The molecular weight excluding hydrogens is 524 g/mol. The maximum Gasteiger partial charge on any atom is 0.343 e. The average Bonchev–Trinajstić information content (AvgIpc) is 3.66. The number of fused-ring (bicyclic) bond motifs is 1. The van der Waals surface area contributed by atoms with Gasteiger partial charge in [-0.2, -0.15) is 5.10 Å². The molecule has 0 aliphatic carbocycles. The monoisotopic (exact) mass is 542 g/mol. The first-order chi connectivity index (χ1) is 19.4. The van der Waals surface area contributed by atoms with Crippen molar-refractivity contribution in [2.75, 3.05) is 12.1 Å². The predicted octanol–water partition coefficient (Wildman–Crippen LogP) is 4.15. The summed E-state index contributed by atoms with van der Waals surface area (Å²) in [6.07, 6.45) is 2.49. The Morgan fingerprint density at radius 3 is 2.45 bits per heavy atom. The van der Waals surface area contributed by atoms with E-state index in [2.05, 4.69) is 15.8 Å². The standard InChI is InChI=1S/C27H18N4O9/c32-25(16-3-6-19(7-4-16)29-26(33)23-2-1-11-37-23)30-28-14-18-12-20(31(35)36)8-10-21(18)40-27(34)17-5-9-22-24(13-17)39-15-38-22/h1-14H,15H2,(H,29,33)(H,30,32)/b28-14+. The van der Waals surface area contributed by atoms with Crippen LogP contribution in [-0.2, 0) is 0 Å². The third kappa shape index (κ3) is 5.78. The molecule has 0 spiro atoms. The summed E-state index contributed by atoms with van der Waals surface area (Å²) in [5, 5.41) is 17.8. The maximum atomic E-state index is 12.7. The van der Waals surface area contributed by atoms with Gasteiger partial charge in [-0.05, 0) is 60.7 Å². The van der Waals surface area contributed by atoms with Gasteiger partial charge in [0.15, 0.2) is 17.3 Å². The summed E-state index contributed by atoms with van der Waals surface area (Å²) in [5.41, 5.74) is 2.93. The van der Waals surface area contributed by atoms with Gasteiger partial charge in [-0.3, -0.25) is 19.7 Å². The van der Waals surface area contributed by atoms with Gasteiger partial charge in [-0.25, -0.2) is 10.2 Å². The number of furan rings is 1. The van der Waals surface area contributed by atoms with Crippen molar-refractivity contribution >= 4 is 35.4 Å². The predicted molar refractivity (Wildman–Crippen MR) is 139 cm³/mol. The number of carbonyl (C=O) groups excluding carboxylic acids is 3. The Morgan fingerprint density at radius 2 is 1.70 bits per heavy atom. The number of carbonyl (C=O) groups is 3. The van der Waals surface area contributed by atoms with Crippen LogP contribution in [0.2, 0.25) is 0 Å². The number of benzene rings is 3. The maximum absolute atomic E-state index is 12.7. The quantitative estimate of drug-likeness (QED) is 0.109. The summed E-state index contributed by atoms with van der Waals surface area (Å²) < 4.78 is 21.0. The number of hydrogen-bond acceptors (Lipinski definition) is 10. The van der Waals surface area contributed by atoms with Gasteiger partial charge in [0, 0.05) is 28.9 Å². The van der Waals surface area contributed by atoms with Crippen LogP contribution in [0.25, 0.3) is 0 Å². The van der Waals surface area contributed by atoms with Gasteiger partial charge in [-0.15, -0.1) is 0 Å². The van der Waals surface area contributed by atoms with E-state index in [4.69, 9.17) is 18.6 Å². The largest absolute Gasteiger partial charge is 0.459 e. The fourth-order valence-electron chi connectivity index (χ4n) is 3.56. The number of hydrazone groups is 1. The molecule has 0 bridgehead atoms. The van der Waals surface area contributed by atoms with Crippen LogP contribution in [0.4, 0.5) is 11.4 Å². The first-order valence-corrected chi connectivity index (χ1v) is 11.6. The highest BCUT2D eigenvalue weighted by Gasteiger charge is 2.19. The fourth-order valence-corrected chi connectivity index (χ4v) is 3.56. The topological polar surface area (TPSA) is 172 Å². The summed E-state index contributed by atoms with van der Waals surface area (Å²) in [7, 11) is 0. The Kier molecular flexibility index (Phi) is 7.17. The molecule has 200 valence electrons. The lowest BCUT2D eigenvalue weighted by atomic mass is 10.1. The van der Waals surface area contributed by atoms with Crippen molar-refractivity contribution in [1.82, 2.24) is 5.43 Å². The van der Waals surface area contributed by atoms with Crippen LogP contribution in [0.1, 0.15) is 36.8 Å². The lowest BCUT2D eigenvalue weighted by molar-refractivity contribution is -0.384. The van der Waals surface area contributed by atoms with Crippen molar-refractivity contribution in [2.45, 2.75) is 0 Å². The molecular formula is C27H18N4O9. The number of non-ortho nitro benzene ring substituents is 1. The van der Waals surface area contributed by atoms with Gasteiger partial charge in [0.05, 0.1) is 23.0 Å². The number of esters is 1. The summed E-state index contributed by atoms with van der Waals surface area (Å²) in [5.74, 6) is -0.797. The van der Waals surface area contributed by atoms with Gasteiger partial charge in [0.1, 0.15) is 5.75 Å². The first kappa shape index (κ1) is 25.7. The van der Waals surface area contributed by atoms with Crippen molar-refractivity contribution in [3.63, 3.8) is 0 Å². The minimum Gasteiger partial charge on any atom is -0.459 e. The SMILES string of the molecule is O=C(N/N=C/c1cc([N+](=O)[O-])ccc1OC(=O)c1ccc2c(c1)OCO2)c1ccc(NC(=O)c2ccco2)cc1. The number of hydrogen-bond donors (Lipinski definition) is 2. The molecule has 0 radical (unpaired) electrons. The molecule has 0 atom stereocenters. The van der Waals surface area contributed by atoms with Crippen LogP contribution < -0.4 is 25.0 Å². The van der Waals surface area contributed by atoms with E-state index >= 15 is 0 Å². The zero-order chi connectivity index (χ0) is 28.1. The molecule has 1 aliphatic heterocycles. The van der Waals surface area contributed by atoms with Crippen molar-refractivity contribution in [2.24, 2.45) is 5.10 Å². The van der Waals surface area contributed by atoms with E-state index in [1.807, 2.05) is 0 Å². The molecule has 13 heteroatoms. The summed E-state index contributed by atoms with van der Waals surface area (Å²) >= 11 is 0. The Morgan fingerprint density at radius 1 is 0.925 bits per heavy atom. The number of nitrogens with zero attached hydrogens (tertiary/aromatic N) is 2. The van der Waals surface area contributed by atoms with E-state index in [9.17, 15) is 24.5 Å². The van der Waals surface area contributed by atoms with E-state index in [0.29, 0.717) is 17.2 Å². The number of nitro benzene ring substituents is 1. The highest BCUT2D eigenvalue weighted by molar-refractivity contribution is 6.02. The number of ether oxygens (including phenoxy) is 3. The number of nitrogens with one attached hydrogen (secondary N) is 2. The van der Waals surface area contributed by atoms with Crippen molar-refractivity contribution in [1.29, 1.82) is 0 Å². The van der Waals surface area contributed by atoms with Crippen LogP contribution in [0, 0.1) is 10.1 Å². The van der Waals surface area contributed by atoms with Crippen LogP contribution in [-0.4, -0.2) is 35.7 Å². The second-order valence-corrected chi connectivity index (χ2v) is 8.14. The van der Waals surface area contributed by atoms with E-state index in [1.54, 1.807) is 12.1 Å². The fraction of sp³-hybridized carbons (Fsp3) is 0.0370. The third-order valence-corrected chi connectivity index (χ3v) is 5.53. The normalized spacial score (nSPS) is 11.7. The van der Waals surface area contributed by atoms with E-state index in [1.165, 1.54) is 60.9 Å². The Bertz CT molecular complexity index is 1630. The van der Waals surface area contributed by atoms with Gasteiger partial charge in [-0.1, -0.05) is 0 Å². The lowest BCUT2D eigenvalue weighted by Crippen LogP contribution is -2.18. The molecule has 5 rings (SSSR count). The molecule has 0 saturated carbocycles. The molecule has 2 amide bonds. The van der Waals surface area contributed by atoms with Crippen LogP contribution in [0.5, 0.6) is 17.2 Å². The number of amides is 2. The summed E-state index contributed by atoms with van der Waals surface area (Å²) in [6.45, 7) is 0.0367. The average molecular weight is 542 g/mol. The molecule has 0 unspecified atom stereocenters. The molecule has 0 fully saturated rings. The van der Waals surface area contributed by atoms with Crippen molar-refractivity contribution in [3.8, 4) is 17.2 Å². The molecule has 2 N–H and O–H groups in total. The molecule has 1 aliphatic rings. The van der Waals surface area contributed by atoms with Gasteiger partial charge in [0.25, 0.3) is 17.5 Å². The smallest absolute Gasteiger partial charge is 0.343 e. The van der Waals surface area contributed by atoms with Crippen molar-refractivity contribution in [3.05, 3.63) is 112 Å². The Hall–Kier alpha value is -5.98. The molecule has 0 saturated heterocycles. The molecule has 13 nitrogen and oxygen atoms in total. The molecule has 40 heavy (non-hydrogen) atoms. The lowest BCUT2D eigenvalue weighted by Gasteiger charge is -2.08. The summed E-state index contributed by atoms with van der Waals surface area (Å²) in [4.78, 5) is 48.0. The molecule has 2 heterocycles. The molecule has 3 aromatic carbocycles. The number of anilines is 1. The zero-order valence-electron chi connectivity index (χ0n) is 20.4. The van der Waals surface area contributed by atoms with Crippen molar-refractivity contribution < 1.29 is 37.9 Å². The summed E-state index contributed by atoms with van der Waals surface area (Å²) in [6, 6.07) is 17.2. The Labute approximate surface area is 225 Å². The second-order valence-electron chi connectivity index (χ2n) is 8.14. The van der Waals surface area contributed by atoms with Crippen LogP contribution in [0.3, 0.4) is 0 Å². The minimum absolute atomic E-state index is 0.0251. The number of rotatable bonds is 8. The second kappa shape index (κ2) is 11.2.